The summed E-state index contributed by atoms with van der Waals surface area (Å²) in [6.45, 7) is 1.88. The molecule has 1 atom stereocenters. The summed E-state index contributed by atoms with van der Waals surface area (Å²) in [6.07, 6.45) is 5.88. The van der Waals surface area contributed by atoms with Crippen LogP contribution in [0, 0.1) is 0 Å². The maximum Gasteiger partial charge on any atom is 0.412 e. The molecule has 1 fully saturated rings. The summed E-state index contributed by atoms with van der Waals surface area (Å²) in [5.41, 5.74) is 2.60. The van der Waals surface area contributed by atoms with Gasteiger partial charge in [0.15, 0.2) is 6.61 Å². The Morgan fingerprint density at radius 1 is 1.36 bits per heavy atom. The molecule has 1 aliphatic heterocycles. The predicted octanol–water partition coefficient (Wildman–Crippen LogP) is 4.74. The number of halogens is 2. The predicted molar refractivity (Wildman–Crippen MR) is 100 cm³/mol. The molecule has 0 unspecified atom stereocenters. The topological polar surface area (TPSA) is 67.6 Å². The molecule has 2 heterocycles. The van der Waals surface area contributed by atoms with Crippen LogP contribution in [0.4, 0.5) is 19.3 Å². The average molecular weight is 391 g/mol. The maximum atomic E-state index is 13.5. The molecule has 0 spiro atoms. The zero-order valence-corrected chi connectivity index (χ0v) is 15.9. The average Bonchev–Trinajstić information content (AvgIpc) is 3.35. The third-order valence-corrected chi connectivity index (χ3v) is 5.26. The number of benzene rings is 1. The number of rotatable bonds is 5. The molecule has 150 valence electrons. The number of carbonyl (C=O) groups is 1. The van der Waals surface area contributed by atoms with Crippen LogP contribution in [0.25, 0.3) is 11.1 Å². The maximum absolute atomic E-state index is 13.5. The van der Waals surface area contributed by atoms with Crippen molar-refractivity contribution in [2.45, 2.75) is 57.5 Å². The number of carboxylic acid groups (broad SMARTS) is 1. The highest BCUT2D eigenvalue weighted by atomic mass is 19.3. The number of hydrogen-bond acceptors (Lipinski definition) is 3. The van der Waals surface area contributed by atoms with E-state index in [1.165, 1.54) is 4.90 Å². The second-order valence-electron chi connectivity index (χ2n) is 7.78. The van der Waals surface area contributed by atoms with Gasteiger partial charge in [0, 0.05) is 35.9 Å². The summed E-state index contributed by atoms with van der Waals surface area (Å²) < 4.78 is 34.5. The van der Waals surface area contributed by atoms with Gasteiger partial charge in [0.1, 0.15) is 5.75 Å². The fraction of sp³-hybridized carbons (Fsp3) is 0.500. The second kappa shape index (κ2) is 6.76. The smallest absolute Gasteiger partial charge is 0.412 e. The van der Waals surface area contributed by atoms with Crippen molar-refractivity contribution in [3.8, 4) is 16.9 Å². The van der Waals surface area contributed by atoms with Crippen LogP contribution in [-0.2, 0) is 6.42 Å². The lowest BCUT2D eigenvalue weighted by Crippen LogP contribution is -2.41. The summed E-state index contributed by atoms with van der Waals surface area (Å²) >= 11 is 0. The number of anilines is 1. The van der Waals surface area contributed by atoms with Crippen molar-refractivity contribution >= 4 is 11.8 Å². The Labute approximate surface area is 161 Å². The quantitative estimate of drug-likeness (QED) is 0.800. The molecular weight excluding hydrogens is 368 g/mol. The van der Waals surface area contributed by atoms with Crippen LogP contribution in [0.3, 0.4) is 0 Å². The molecule has 0 saturated heterocycles. The van der Waals surface area contributed by atoms with E-state index in [9.17, 15) is 18.7 Å². The first-order chi connectivity index (χ1) is 13.2. The van der Waals surface area contributed by atoms with Gasteiger partial charge in [-0.25, -0.2) is 13.6 Å². The summed E-state index contributed by atoms with van der Waals surface area (Å²) in [7, 11) is 0. The number of hydrogen-bond donors (Lipinski definition) is 1. The van der Waals surface area contributed by atoms with E-state index in [0.29, 0.717) is 41.4 Å². The van der Waals surface area contributed by atoms with Gasteiger partial charge in [0.25, 0.3) is 5.92 Å². The first kappa shape index (κ1) is 18.7. The Balaban J connectivity index is 1.80. The van der Waals surface area contributed by atoms with Gasteiger partial charge in [-0.15, -0.1) is 0 Å². The Hall–Kier alpha value is -2.64. The normalized spacial score (nSPS) is 19.4. The fourth-order valence-electron chi connectivity index (χ4n) is 3.70. The third kappa shape index (κ3) is 3.55. The molecule has 0 bridgehead atoms. The van der Waals surface area contributed by atoms with E-state index in [4.69, 9.17) is 4.74 Å². The van der Waals surface area contributed by atoms with Gasteiger partial charge in [-0.1, -0.05) is 0 Å². The van der Waals surface area contributed by atoms with Crippen LogP contribution >= 0.6 is 0 Å². The minimum Gasteiger partial charge on any atom is -0.486 e. The standard InChI is InChI=1S/C20H23F2N3O3/c1-12-3-6-16-17(25(12)19(26)27)8-7-15(18(16)28-11-20(2,21)22)13-9-23-24(10-13)14-4-5-14/h7-10,12,14H,3-6,11H2,1-2H3,(H,26,27)/t12-/m0/s1. The molecule has 1 saturated carbocycles. The van der Waals surface area contributed by atoms with Crippen molar-refractivity contribution in [3.05, 3.63) is 30.1 Å². The van der Waals surface area contributed by atoms with Gasteiger partial charge >= 0.3 is 6.09 Å². The minimum absolute atomic E-state index is 0.186. The molecule has 1 aromatic heterocycles. The molecule has 1 aromatic carbocycles. The number of amides is 1. The van der Waals surface area contributed by atoms with Gasteiger partial charge < -0.3 is 9.84 Å². The SMILES string of the molecule is C[C@H]1CCc2c(ccc(-c3cnn(C4CC4)c3)c2OCC(C)(F)F)N1C(=O)O. The molecule has 1 aliphatic carbocycles. The lowest BCUT2D eigenvalue weighted by atomic mass is 9.92. The molecule has 4 rings (SSSR count). The van der Waals surface area contributed by atoms with E-state index in [2.05, 4.69) is 5.10 Å². The van der Waals surface area contributed by atoms with Gasteiger partial charge in [0.05, 0.1) is 17.9 Å². The highest BCUT2D eigenvalue weighted by molar-refractivity contribution is 5.91. The van der Waals surface area contributed by atoms with Crippen LogP contribution in [0.2, 0.25) is 0 Å². The molecule has 2 aliphatic rings. The third-order valence-electron chi connectivity index (χ3n) is 5.26. The van der Waals surface area contributed by atoms with Crippen LogP contribution in [0.5, 0.6) is 5.75 Å². The molecule has 1 amide bonds. The van der Waals surface area contributed by atoms with Crippen LogP contribution < -0.4 is 9.64 Å². The Bertz CT molecular complexity index is 903. The number of aromatic nitrogens is 2. The van der Waals surface area contributed by atoms with Crippen LogP contribution in [-0.4, -0.2) is 39.6 Å². The summed E-state index contributed by atoms with van der Waals surface area (Å²) in [5, 5.41) is 14.0. The number of ether oxygens (including phenoxy) is 1. The van der Waals surface area contributed by atoms with Gasteiger partial charge in [-0.05, 0) is 44.7 Å². The van der Waals surface area contributed by atoms with E-state index < -0.39 is 18.6 Å². The van der Waals surface area contributed by atoms with Crippen molar-refractivity contribution in [2.24, 2.45) is 0 Å². The number of fused-ring (bicyclic) bond motifs is 1. The lowest BCUT2D eigenvalue weighted by molar-refractivity contribution is -0.0230. The van der Waals surface area contributed by atoms with E-state index in [1.807, 2.05) is 17.8 Å². The van der Waals surface area contributed by atoms with Crippen LogP contribution in [0.15, 0.2) is 24.5 Å². The van der Waals surface area contributed by atoms with E-state index in [0.717, 1.165) is 25.3 Å². The van der Waals surface area contributed by atoms with Crippen molar-refractivity contribution < 1.29 is 23.4 Å². The largest absolute Gasteiger partial charge is 0.486 e. The first-order valence-corrected chi connectivity index (χ1v) is 9.48. The van der Waals surface area contributed by atoms with Crippen molar-refractivity contribution in [2.75, 3.05) is 11.5 Å². The van der Waals surface area contributed by atoms with Crippen LogP contribution in [0.1, 0.15) is 44.7 Å². The molecular formula is C20H23F2N3O3. The molecule has 8 heteroatoms. The second-order valence-corrected chi connectivity index (χ2v) is 7.78. The summed E-state index contributed by atoms with van der Waals surface area (Å²) in [4.78, 5) is 13.0. The molecule has 6 nitrogen and oxygen atoms in total. The fourth-order valence-corrected chi connectivity index (χ4v) is 3.70. The monoisotopic (exact) mass is 391 g/mol. The Morgan fingerprint density at radius 2 is 2.11 bits per heavy atom. The van der Waals surface area contributed by atoms with Gasteiger partial charge in [-0.3, -0.25) is 9.58 Å². The first-order valence-electron chi connectivity index (χ1n) is 9.48. The van der Waals surface area contributed by atoms with Crippen molar-refractivity contribution in [3.63, 3.8) is 0 Å². The van der Waals surface area contributed by atoms with E-state index >= 15 is 0 Å². The highest BCUT2D eigenvalue weighted by Crippen LogP contribution is 2.44. The lowest BCUT2D eigenvalue weighted by Gasteiger charge is -2.34. The Morgan fingerprint density at radius 3 is 2.75 bits per heavy atom. The molecule has 28 heavy (non-hydrogen) atoms. The zero-order valence-electron chi connectivity index (χ0n) is 15.9. The van der Waals surface area contributed by atoms with E-state index in [1.54, 1.807) is 18.3 Å². The van der Waals surface area contributed by atoms with Crippen molar-refractivity contribution in [1.82, 2.24) is 9.78 Å². The number of alkyl halides is 2. The van der Waals surface area contributed by atoms with Crippen molar-refractivity contribution in [1.29, 1.82) is 0 Å². The Kier molecular flexibility index (Phi) is 4.51. The highest BCUT2D eigenvalue weighted by Gasteiger charge is 2.33. The molecule has 1 N–H and O–H groups in total. The summed E-state index contributed by atoms with van der Waals surface area (Å²) in [6, 6.07) is 3.69. The van der Waals surface area contributed by atoms with Gasteiger partial charge in [0.2, 0.25) is 0 Å². The van der Waals surface area contributed by atoms with Gasteiger partial charge in [-0.2, -0.15) is 5.10 Å². The molecule has 2 aromatic rings. The zero-order chi connectivity index (χ0) is 20.1. The minimum atomic E-state index is -2.99. The van der Waals surface area contributed by atoms with E-state index in [-0.39, 0.29) is 6.04 Å². The molecule has 0 radical (unpaired) electrons. The number of nitrogens with zero attached hydrogens (tertiary/aromatic N) is 3. The summed E-state index contributed by atoms with van der Waals surface area (Å²) in [5.74, 6) is -2.67.